The van der Waals surface area contributed by atoms with Gasteiger partial charge in [-0.25, -0.2) is 0 Å². The molecule has 0 bridgehead atoms. The van der Waals surface area contributed by atoms with E-state index >= 15 is 0 Å². The number of halogens is 1. The van der Waals surface area contributed by atoms with Crippen LogP contribution in [0, 0.1) is 0 Å². The molecule has 0 saturated heterocycles. The maximum atomic E-state index is 6.43. The van der Waals surface area contributed by atoms with Gasteiger partial charge in [-0.15, -0.1) is 0 Å². The summed E-state index contributed by atoms with van der Waals surface area (Å²) in [5.74, 6) is 0. The second kappa shape index (κ2) is 7.62. The van der Waals surface area contributed by atoms with Gasteiger partial charge in [-0.2, -0.15) is 5.10 Å². The summed E-state index contributed by atoms with van der Waals surface area (Å²) in [5, 5.41) is 8.88. The molecule has 0 fully saturated rings. The summed E-state index contributed by atoms with van der Waals surface area (Å²) in [5.41, 5.74) is 3.45. The van der Waals surface area contributed by atoms with Gasteiger partial charge in [0.15, 0.2) is 0 Å². The number of nitrogens with zero attached hydrogens (tertiary/aromatic N) is 2. The molecular formula is C17H24ClN3. The van der Waals surface area contributed by atoms with E-state index in [2.05, 4.69) is 54.6 Å². The third-order valence-corrected chi connectivity index (χ3v) is 4.26. The Bertz CT molecular complexity index is 563. The highest BCUT2D eigenvalue weighted by atomic mass is 35.5. The van der Waals surface area contributed by atoms with Crippen LogP contribution in [0.4, 0.5) is 0 Å². The third-order valence-electron chi connectivity index (χ3n) is 3.83. The van der Waals surface area contributed by atoms with E-state index in [0.29, 0.717) is 6.04 Å². The normalized spacial score (nSPS) is 12.6. The summed E-state index contributed by atoms with van der Waals surface area (Å²) in [4.78, 5) is 0. The zero-order valence-electron chi connectivity index (χ0n) is 13.1. The van der Waals surface area contributed by atoms with Gasteiger partial charge in [0.2, 0.25) is 0 Å². The van der Waals surface area contributed by atoms with Gasteiger partial charge in [0.1, 0.15) is 0 Å². The number of hydrogen-bond donors (Lipinski definition) is 1. The van der Waals surface area contributed by atoms with Crippen LogP contribution in [-0.2, 0) is 19.9 Å². The van der Waals surface area contributed by atoms with Crippen LogP contribution in [0.25, 0.3) is 0 Å². The van der Waals surface area contributed by atoms with Gasteiger partial charge in [0.25, 0.3) is 0 Å². The number of nitrogens with one attached hydrogen (secondary N) is 1. The van der Waals surface area contributed by atoms with Crippen molar-refractivity contribution in [1.82, 2.24) is 15.1 Å². The first-order valence-corrected chi connectivity index (χ1v) is 8.03. The van der Waals surface area contributed by atoms with E-state index in [-0.39, 0.29) is 0 Å². The Kier molecular flexibility index (Phi) is 5.83. The molecule has 114 valence electrons. The van der Waals surface area contributed by atoms with Crippen molar-refractivity contribution in [3.8, 4) is 0 Å². The van der Waals surface area contributed by atoms with Crippen molar-refractivity contribution in [2.45, 2.75) is 39.2 Å². The van der Waals surface area contributed by atoms with Crippen LogP contribution in [0.5, 0.6) is 0 Å². The van der Waals surface area contributed by atoms with Gasteiger partial charge in [-0.3, -0.25) is 4.68 Å². The van der Waals surface area contributed by atoms with Crippen molar-refractivity contribution in [1.29, 1.82) is 0 Å². The fraction of sp³-hybridized carbons (Fsp3) is 0.471. The van der Waals surface area contributed by atoms with Crippen LogP contribution in [-0.4, -0.2) is 16.3 Å². The summed E-state index contributed by atoms with van der Waals surface area (Å²) in [6.07, 6.45) is 2.82. The van der Waals surface area contributed by atoms with Crippen LogP contribution < -0.4 is 5.32 Å². The Morgan fingerprint density at radius 2 is 1.95 bits per heavy atom. The molecule has 21 heavy (non-hydrogen) atoms. The molecular weight excluding hydrogens is 282 g/mol. The van der Waals surface area contributed by atoms with Gasteiger partial charge in [-0.05, 0) is 31.4 Å². The first-order chi connectivity index (χ1) is 10.2. The number of benzene rings is 1. The van der Waals surface area contributed by atoms with Gasteiger partial charge in [0, 0.05) is 13.1 Å². The lowest BCUT2D eigenvalue weighted by molar-refractivity contribution is 0.506. The van der Waals surface area contributed by atoms with E-state index in [1.165, 1.54) is 5.56 Å². The Morgan fingerprint density at radius 3 is 2.52 bits per heavy atom. The standard InChI is InChI=1S/C17H24ClN3/c1-4-14-17(18)16(21(3)20-14)12-11-15(19-5-2)13-9-7-6-8-10-13/h6-10,15,19H,4-5,11-12H2,1-3H3. The second-order valence-electron chi connectivity index (χ2n) is 5.24. The number of aryl methyl sites for hydroxylation is 2. The van der Waals surface area contributed by atoms with Gasteiger partial charge in [0.05, 0.1) is 16.4 Å². The minimum Gasteiger partial charge on any atom is -0.310 e. The minimum atomic E-state index is 0.354. The lowest BCUT2D eigenvalue weighted by atomic mass is 10.0. The molecule has 0 amide bonds. The maximum absolute atomic E-state index is 6.43. The Hall–Kier alpha value is -1.32. The van der Waals surface area contributed by atoms with E-state index in [1.54, 1.807) is 0 Å². The monoisotopic (exact) mass is 305 g/mol. The van der Waals surface area contributed by atoms with Crippen molar-refractivity contribution in [2.24, 2.45) is 7.05 Å². The third kappa shape index (κ3) is 3.86. The highest BCUT2D eigenvalue weighted by molar-refractivity contribution is 6.31. The summed E-state index contributed by atoms with van der Waals surface area (Å²) >= 11 is 6.43. The average Bonchev–Trinajstić information content (AvgIpc) is 2.79. The van der Waals surface area contributed by atoms with Crippen molar-refractivity contribution in [3.05, 3.63) is 52.3 Å². The molecule has 0 spiro atoms. The molecule has 1 heterocycles. The molecule has 2 rings (SSSR count). The van der Waals surface area contributed by atoms with Crippen LogP contribution in [0.1, 0.15) is 43.3 Å². The van der Waals surface area contributed by atoms with Crippen molar-refractivity contribution in [2.75, 3.05) is 6.54 Å². The lowest BCUT2D eigenvalue weighted by Crippen LogP contribution is -2.21. The quantitative estimate of drug-likeness (QED) is 0.840. The average molecular weight is 306 g/mol. The summed E-state index contributed by atoms with van der Waals surface area (Å²) in [7, 11) is 1.98. The fourth-order valence-electron chi connectivity index (χ4n) is 2.69. The Balaban J connectivity index is 2.11. The van der Waals surface area contributed by atoms with E-state index in [4.69, 9.17) is 11.6 Å². The second-order valence-corrected chi connectivity index (χ2v) is 5.62. The molecule has 0 aliphatic carbocycles. The summed E-state index contributed by atoms with van der Waals surface area (Å²) in [6.45, 7) is 5.18. The topological polar surface area (TPSA) is 29.9 Å². The van der Waals surface area contributed by atoms with Gasteiger partial charge in [-0.1, -0.05) is 55.8 Å². The predicted molar refractivity (Wildman–Crippen MR) is 88.8 cm³/mol. The van der Waals surface area contributed by atoms with Crippen LogP contribution >= 0.6 is 11.6 Å². The maximum Gasteiger partial charge on any atom is 0.0849 e. The smallest absolute Gasteiger partial charge is 0.0849 e. The molecule has 1 aromatic carbocycles. The summed E-state index contributed by atoms with van der Waals surface area (Å²) in [6, 6.07) is 10.9. The highest BCUT2D eigenvalue weighted by Crippen LogP contribution is 2.25. The van der Waals surface area contributed by atoms with Crippen molar-refractivity contribution in [3.63, 3.8) is 0 Å². The molecule has 0 aliphatic rings. The predicted octanol–water partition coefficient (Wildman–Crippen LogP) is 3.92. The molecule has 4 heteroatoms. The molecule has 1 atom stereocenters. The Labute approximate surface area is 132 Å². The molecule has 3 nitrogen and oxygen atoms in total. The number of hydrogen-bond acceptors (Lipinski definition) is 2. The first kappa shape index (κ1) is 16.1. The van der Waals surface area contributed by atoms with Crippen LogP contribution in [0.2, 0.25) is 5.02 Å². The molecule has 0 aliphatic heterocycles. The van der Waals surface area contributed by atoms with E-state index in [0.717, 1.165) is 42.2 Å². The number of aromatic nitrogens is 2. The lowest BCUT2D eigenvalue weighted by Gasteiger charge is -2.18. The minimum absolute atomic E-state index is 0.354. The highest BCUT2D eigenvalue weighted by Gasteiger charge is 2.16. The van der Waals surface area contributed by atoms with E-state index in [9.17, 15) is 0 Å². The van der Waals surface area contributed by atoms with Crippen LogP contribution in [0.3, 0.4) is 0 Å². The van der Waals surface area contributed by atoms with Crippen LogP contribution in [0.15, 0.2) is 30.3 Å². The SMILES string of the molecule is CCNC(CCc1c(Cl)c(CC)nn1C)c1ccccc1. The fourth-order valence-corrected chi connectivity index (χ4v) is 3.08. The van der Waals surface area contributed by atoms with Crippen molar-refractivity contribution < 1.29 is 0 Å². The Morgan fingerprint density at radius 1 is 1.24 bits per heavy atom. The zero-order valence-corrected chi connectivity index (χ0v) is 13.8. The van der Waals surface area contributed by atoms with Gasteiger partial charge < -0.3 is 5.32 Å². The van der Waals surface area contributed by atoms with E-state index in [1.807, 2.05) is 11.7 Å². The summed E-state index contributed by atoms with van der Waals surface area (Å²) < 4.78 is 1.93. The van der Waals surface area contributed by atoms with E-state index < -0.39 is 0 Å². The molecule has 1 unspecified atom stereocenters. The largest absolute Gasteiger partial charge is 0.310 e. The molecule has 1 N–H and O–H groups in total. The molecule has 1 aromatic heterocycles. The van der Waals surface area contributed by atoms with Crippen molar-refractivity contribution >= 4 is 11.6 Å². The molecule has 0 radical (unpaired) electrons. The zero-order chi connectivity index (χ0) is 15.2. The molecule has 2 aromatic rings. The molecule has 0 saturated carbocycles. The number of rotatable bonds is 7. The van der Waals surface area contributed by atoms with Gasteiger partial charge >= 0.3 is 0 Å². The first-order valence-electron chi connectivity index (χ1n) is 7.65.